The lowest BCUT2D eigenvalue weighted by atomic mass is 10.0. The van der Waals surface area contributed by atoms with Gasteiger partial charge in [0.25, 0.3) is 0 Å². The van der Waals surface area contributed by atoms with Gasteiger partial charge in [-0.1, -0.05) is 38.3 Å². The number of hydrogen-bond donors (Lipinski definition) is 1. The lowest BCUT2D eigenvalue weighted by molar-refractivity contribution is 0.488. The van der Waals surface area contributed by atoms with E-state index >= 15 is 0 Å². The fourth-order valence-electron chi connectivity index (χ4n) is 1.84. The number of hydrogen-bond acceptors (Lipinski definition) is 2. The van der Waals surface area contributed by atoms with Crippen molar-refractivity contribution in [3.8, 4) is 0 Å². The van der Waals surface area contributed by atoms with Crippen molar-refractivity contribution in [3.63, 3.8) is 0 Å². The molecule has 1 N–H and O–H groups in total. The molecule has 0 aliphatic carbocycles. The van der Waals surface area contributed by atoms with E-state index in [0.29, 0.717) is 10.9 Å². The maximum atomic E-state index is 12.1. The third-order valence-electron chi connectivity index (χ3n) is 2.90. The molecule has 0 saturated carbocycles. The summed E-state index contributed by atoms with van der Waals surface area (Å²) < 4.78 is 26.9. The molecule has 0 aromatic heterocycles. The van der Waals surface area contributed by atoms with Crippen molar-refractivity contribution in [3.05, 3.63) is 29.3 Å². The highest BCUT2D eigenvalue weighted by atomic mass is 35.5. The highest BCUT2D eigenvalue weighted by molar-refractivity contribution is 7.89. The van der Waals surface area contributed by atoms with Crippen LogP contribution in [-0.2, 0) is 10.0 Å². The van der Waals surface area contributed by atoms with Gasteiger partial charge in [-0.05, 0) is 43.5 Å². The first-order valence-corrected chi connectivity index (χ1v) is 8.45. The normalized spacial score (nSPS) is 13.7. The van der Waals surface area contributed by atoms with Gasteiger partial charge in [0.05, 0.1) is 4.90 Å². The minimum Gasteiger partial charge on any atom is -0.208 e. The van der Waals surface area contributed by atoms with Gasteiger partial charge in [0.1, 0.15) is 0 Å². The van der Waals surface area contributed by atoms with Crippen LogP contribution in [0.3, 0.4) is 0 Å². The molecule has 5 heteroatoms. The number of nitrogens with one attached hydrogen (secondary N) is 1. The molecule has 0 bridgehead atoms. The van der Waals surface area contributed by atoms with E-state index in [9.17, 15) is 8.42 Å². The number of benzene rings is 1. The molecule has 0 aliphatic rings. The smallest absolute Gasteiger partial charge is 0.208 e. The summed E-state index contributed by atoms with van der Waals surface area (Å²) in [6.07, 6.45) is 3.00. The van der Waals surface area contributed by atoms with E-state index in [-0.39, 0.29) is 10.9 Å². The molecule has 1 atom stereocenters. The van der Waals surface area contributed by atoms with E-state index in [1.54, 1.807) is 12.1 Å². The Balaban J connectivity index is 2.57. The van der Waals surface area contributed by atoms with Crippen molar-refractivity contribution in [2.75, 3.05) is 0 Å². The fraction of sp³-hybridized carbons (Fsp3) is 0.571. The summed E-state index contributed by atoms with van der Waals surface area (Å²) >= 11 is 5.75. The van der Waals surface area contributed by atoms with Gasteiger partial charge in [-0.25, -0.2) is 13.1 Å². The second kappa shape index (κ2) is 7.27. The van der Waals surface area contributed by atoms with Gasteiger partial charge in [0, 0.05) is 11.1 Å². The molecule has 3 nitrogen and oxygen atoms in total. The van der Waals surface area contributed by atoms with Crippen molar-refractivity contribution in [1.29, 1.82) is 0 Å². The van der Waals surface area contributed by atoms with Crippen molar-refractivity contribution >= 4 is 21.6 Å². The Kier molecular flexibility index (Phi) is 6.30. The molecule has 0 radical (unpaired) electrons. The highest BCUT2D eigenvalue weighted by Crippen LogP contribution is 2.15. The predicted octanol–water partition coefficient (Wildman–Crippen LogP) is 3.83. The second-order valence-electron chi connectivity index (χ2n) is 5.30. The van der Waals surface area contributed by atoms with E-state index in [4.69, 9.17) is 11.6 Å². The van der Waals surface area contributed by atoms with Gasteiger partial charge >= 0.3 is 0 Å². The summed E-state index contributed by atoms with van der Waals surface area (Å²) in [5.41, 5.74) is 0. The van der Waals surface area contributed by atoms with Crippen LogP contribution in [0.4, 0.5) is 0 Å². The topological polar surface area (TPSA) is 46.2 Å². The third-order valence-corrected chi connectivity index (χ3v) is 4.76. The monoisotopic (exact) mass is 303 g/mol. The highest BCUT2D eigenvalue weighted by Gasteiger charge is 2.16. The number of rotatable bonds is 7. The van der Waals surface area contributed by atoms with E-state index in [0.717, 1.165) is 19.3 Å². The molecule has 1 aromatic carbocycles. The van der Waals surface area contributed by atoms with Crippen LogP contribution in [0.2, 0.25) is 5.02 Å². The summed E-state index contributed by atoms with van der Waals surface area (Å²) in [6, 6.07) is 6.15. The van der Waals surface area contributed by atoms with Crippen molar-refractivity contribution in [1.82, 2.24) is 4.72 Å². The molecule has 0 unspecified atom stereocenters. The maximum Gasteiger partial charge on any atom is 0.240 e. The van der Waals surface area contributed by atoms with Crippen LogP contribution < -0.4 is 4.72 Å². The lowest BCUT2D eigenvalue weighted by Crippen LogP contribution is -2.32. The van der Waals surface area contributed by atoms with Crippen LogP contribution in [-0.4, -0.2) is 14.5 Å². The molecule has 0 saturated heterocycles. The first-order chi connectivity index (χ1) is 8.81. The summed E-state index contributed by atoms with van der Waals surface area (Å²) in [7, 11) is -3.44. The van der Waals surface area contributed by atoms with Gasteiger partial charge in [-0.15, -0.1) is 0 Å². The Morgan fingerprint density at radius 2 is 1.68 bits per heavy atom. The molecular weight excluding hydrogens is 282 g/mol. The first-order valence-electron chi connectivity index (χ1n) is 6.59. The molecule has 19 heavy (non-hydrogen) atoms. The molecule has 0 spiro atoms. The standard InChI is InChI=1S/C14H22ClNO2S/c1-11(2)5-4-6-12(3)16-19(17,18)14-9-7-13(15)8-10-14/h7-12,16H,4-6H2,1-3H3/t12-/m1/s1. The Morgan fingerprint density at radius 3 is 2.21 bits per heavy atom. The quantitative estimate of drug-likeness (QED) is 0.832. The molecule has 1 aromatic rings. The minimum absolute atomic E-state index is 0.0561. The van der Waals surface area contributed by atoms with E-state index in [1.807, 2.05) is 6.92 Å². The Hall–Kier alpha value is -0.580. The van der Waals surface area contributed by atoms with Crippen molar-refractivity contribution in [2.24, 2.45) is 5.92 Å². The lowest BCUT2D eigenvalue weighted by Gasteiger charge is -2.14. The number of sulfonamides is 1. The average molecular weight is 304 g/mol. The summed E-state index contributed by atoms with van der Waals surface area (Å²) in [5, 5.41) is 0.531. The Morgan fingerprint density at radius 1 is 1.11 bits per heavy atom. The summed E-state index contributed by atoms with van der Waals surface area (Å²) in [5.74, 6) is 0.653. The number of halogens is 1. The first kappa shape index (κ1) is 16.5. The zero-order valence-corrected chi connectivity index (χ0v) is 13.3. The van der Waals surface area contributed by atoms with Crippen LogP contribution in [0.25, 0.3) is 0 Å². The largest absolute Gasteiger partial charge is 0.240 e. The van der Waals surface area contributed by atoms with Crippen LogP contribution in [0.5, 0.6) is 0 Å². The zero-order valence-electron chi connectivity index (χ0n) is 11.7. The van der Waals surface area contributed by atoms with Gasteiger partial charge in [0.15, 0.2) is 0 Å². The Labute approximate surface area is 121 Å². The summed E-state index contributed by atoms with van der Waals surface area (Å²) in [6.45, 7) is 6.24. The van der Waals surface area contributed by atoms with Crippen molar-refractivity contribution in [2.45, 2.75) is 51.0 Å². The van der Waals surface area contributed by atoms with Gasteiger partial charge in [-0.3, -0.25) is 0 Å². The van der Waals surface area contributed by atoms with E-state index in [1.165, 1.54) is 12.1 Å². The molecule has 0 fully saturated rings. The van der Waals surface area contributed by atoms with Crippen LogP contribution in [0, 0.1) is 5.92 Å². The van der Waals surface area contributed by atoms with E-state index in [2.05, 4.69) is 18.6 Å². The van der Waals surface area contributed by atoms with Gasteiger partial charge in [0.2, 0.25) is 10.0 Å². The van der Waals surface area contributed by atoms with Gasteiger partial charge < -0.3 is 0 Å². The van der Waals surface area contributed by atoms with Crippen molar-refractivity contribution < 1.29 is 8.42 Å². The van der Waals surface area contributed by atoms with Gasteiger partial charge in [-0.2, -0.15) is 0 Å². The fourth-order valence-corrected chi connectivity index (χ4v) is 3.24. The molecule has 108 valence electrons. The third kappa shape index (κ3) is 5.93. The molecule has 1 rings (SSSR count). The molecular formula is C14H22ClNO2S. The SMILES string of the molecule is CC(C)CCC[C@@H](C)NS(=O)(=O)c1ccc(Cl)cc1. The second-order valence-corrected chi connectivity index (χ2v) is 7.45. The van der Waals surface area contributed by atoms with Crippen LogP contribution >= 0.6 is 11.6 Å². The maximum absolute atomic E-state index is 12.1. The zero-order chi connectivity index (χ0) is 14.5. The molecule has 0 heterocycles. The van der Waals surface area contributed by atoms with Crippen LogP contribution in [0.15, 0.2) is 29.2 Å². The van der Waals surface area contributed by atoms with Crippen LogP contribution in [0.1, 0.15) is 40.0 Å². The minimum atomic E-state index is -3.44. The average Bonchev–Trinajstić information content (AvgIpc) is 2.28. The predicted molar refractivity (Wildman–Crippen MR) is 79.9 cm³/mol. The Bertz CT molecular complexity index is 483. The molecule has 0 amide bonds. The molecule has 0 aliphatic heterocycles. The van der Waals surface area contributed by atoms with E-state index < -0.39 is 10.0 Å². The summed E-state index contributed by atoms with van der Waals surface area (Å²) in [4.78, 5) is 0.257.